The van der Waals surface area contributed by atoms with Crippen LogP contribution in [0.25, 0.3) is 0 Å². The highest BCUT2D eigenvalue weighted by molar-refractivity contribution is 5.79. The summed E-state index contributed by atoms with van der Waals surface area (Å²) in [6, 6.07) is 0.510. The van der Waals surface area contributed by atoms with Crippen LogP contribution in [0.5, 0.6) is 0 Å². The lowest BCUT2D eigenvalue weighted by Gasteiger charge is -2.48. The first kappa shape index (κ1) is 15.4. The second-order valence-electron chi connectivity index (χ2n) is 8.15. The monoisotopic (exact) mass is 319 g/mol. The number of hydrogen-bond donors (Lipinski definition) is 0. The van der Waals surface area contributed by atoms with E-state index in [1.807, 2.05) is 0 Å². The molecular formula is C18H29N3O2. The van der Waals surface area contributed by atoms with Crippen molar-refractivity contribution in [3.63, 3.8) is 0 Å². The Kier molecular flexibility index (Phi) is 4.08. The van der Waals surface area contributed by atoms with Crippen molar-refractivity contribution in [2.75, 3.05) is 39.3 Å². The number of carbonyl (C=O) groups excluding carboxylic acids is 2. The first-order valence-corrected chi connectivity index (χ1v) is 9.45. The van der Waals surface area contributed by atoms with Crippen molar-refractivity contribution in [1.82, 2.24) is 14.7 Å². The summed E-state index contributed by atoms with van der Waals surface area (Å²) in [7, 11) is 0. The highest BCUT2D eigenvalue weighted by atomic mass is 16.2. The highest BCUT2D eigenvalue weighted by Crippen LogP contribution is 2.42. The molecule has 0 aromatic heterocycles. The molecule has 3 heterocycles. The molecule has 5 nitrogen and oxygen atoms in total. The van der Waals surface area contributed by atoms with Gasteiger partial charge in [-0.25, -0.2) is 0 Å². The lowest BCUT2D eigenvalue weighted by molar-refractivity contribution is -0.144. The topological polar surface area (TPSA) is 43.9 Å². The Balaban J connectivity index is 1.39. The number of piperidine rings is 2. The molecule has 0 radical (unpaired) electrons. The molecule has 23 heavy (non-hydrogen) atoms. The van der Waals surface area contributed by atoms with Gasteiger partial charge in [-0.3, -0.25) is 14.5 Å². The lowest BCUT2D eigenvalue weighted by atomic mass is 9.73. The SMILES string of the molecule is O=C(CN1CCCC1)N1CCC[C@@]2(CCC(=O)N(C3CC3)C2)C1. The van der Waals surface area contributed by atoms with Gasteiger partial charge < -0.3 is 9.80 Å². The molecule has 4 rings (SSSR count). The number of rotatable bonds is 3. The fourth-order valence-corrected chi connectivity index (χ4v) is 4.75. The average molecular weight is 319 g/mol. The Bertz CT molecular complexity index is 485. The van der Waals surface area contributed by atoms with Crippen LogP contribution in [0, 0.1) is 5.41 Å². The molecule has 3 saturated heterocycles. The van der Waals surface area contributed by atoms with E-state index < -0.39 is 0 Å². The Morgan fingerprint density at radius 3 is 2.57 bits per heavy atom. The molecule has 4 aliphatic rings. The Labute approximate surface area is 139 Å². The molecule has 0 unspecified atom stereocenters. The van der Waals surface area contributed by atoms with Crippen molar-refractivity contribution in [2.45, 2.75) is 57.4 Å². The molecule has 2 amide bonds. The predicted octanol–water partition coefficient (Wildman–Crippen LogP) is 1.48. The number of nitrogens with zero attached hydrogens (tertiary/aromatic N) is 3. The quantitative estimate of drug-likeness (QED) is 0.791. The van der Waals surface area contributed by atoms with Crippen molar-refractivity contribution < 1.29 is 9.59 Å². The molecule has 1 saturated carbocycles. The first-order chi connectivity index (χ1) is 11.2. The van der Waals surface area contributed by atoms with Crippen molar-refractivity contribution in [3.8, 4) is 0 Å². The van der Waals surface area contributed by atoms with E-state index in [2.05, 4.69) is 14.7 Å². The fraction of sp³-hybridized carbons (Fsp3) is 0.889. The molecule has 0 aromatic rings. The van der Waals surface area contributed by atoms with Gasteiger partial charge in [-0.05, 0) is 58.0 Å². The second-order valence-corrected chi connectivity index (χ2v) is 8.15. The molecule has 0 N–H and O–H groups in total. The molecule has 0 bridgehead atoms. The molecular weight excluding hydrogens is 290 g/mol. The van der Waals surface area contributed by atoms with E-state index in [1.165, 1.54) is 32.1 Å². The molecule has 128 valence electrons. The van der Waals surface area contributed by atoms with Gasteiger partial charge in [0, 0.05) is 37.5 Å². The maximum Gasteiger partial charge on any atom is 0.236 e. The zero-order valence-electron chi connectivity index (χ0n) is 14.1. The summed E-state index contributed by atoms with van der Waals surface area (Å²) >= 11 is 0. The van der Waals surface area contributed by atoms with Crippen molar-refractivity contribution in [1.29, 1.82) is 0 Å². The van der Waals surface area contributed by atoms with E-state index >= 15 is 0 Å². The van der Waals surface area contributed by atoms with Gasteiger partial charge in [0.25, 0.3) is 0 Å². The third kappa shape index (κ3) is 3.25. The largest absolute Gasteiger partial charge is 0.341 e. The van der Waals surface area contributed by atoms with Crippen LogP contribution in [0.15, 0.2) is 0 Å². The summed E-state index contributed by atoms with van der Waals surface area (Å²) in [6.45, 7) is 5.43. The Morgan fingerprint density at radius 2 is 1.83 bits per heavy atom. The van der Waals surface area contributed by atoms with E-state index in [-0.39, 0.29) is 5.41 Å². The summed E-state index contributed by atoms with van der Waals surface area (Å²) < 4.78 is 0. The van der Waals surface area contributed by atoms with Crippen molar-refractivity contribution in [3.05, 3.63) is 0 Å². The highest BCUT2D eigenvalue weighted by Gasteiger charge is 2.46. The third-order valence-electron chi connectivity index (χ3n) is 6.25. The number of hydrogen-bond acceptors (Lipinski definition) is 3. The van der Waals surface area contributed by atoms with Gasteiger partial charge in [-0.1, -0.05) is 0 Å². The van der Waals surface area contributed by atoms with E-state index in [1.54, 1.807) is 0 Å². The van der Waals surface area contributed by atoms with E-state index in [9.17, 15) is 9.59 Å². The Morgan fingerprint density at radius 1 is 1.04 bits per heavy atom. The van der Waals surface area contributed by atoms with Gasteiger partial charge in [-0.15, -0.1) is 0 Å². The Hall–Kier alpha value is -1.10. The van der Waals surface area contributed by atoms with Crippen LogP contribution >= 0.6 is 0 Å². The second kappa shape index (κ2) is 6.08. The summed E-state index contributed by atoms with van der Waals surface area (Å²) in [6.07, 6.45) is 8.76. The standard InChI is InChI=1S/C18H29N3O2/c22-16-6-8-18(14-21(16)15-4-5-15)7-3-11-20(13-18)17(23)12-19-9-1-2-10-19/h15H,1-14H2/t18-/m1/s1. The normalized spacial score (nSPS) is 32.8. The van der Waals surface area contributed by atoms with Crippen LogP contribution in [0.2, 0.25) is 0 Å². The van der Waals surface area contributed by atoms with Gasteiger partial charge >= 0.3 is 0 Å². The maximum atomic E-state index is 12.7. The number of likely N-dealkylation sites (tertiary alicyclic amines) is 3. The van der Waals surface area contributed by atoms with Gasteiger partial charge in [0.15, 0.2) is 0 Å². The summed E-state index contributed by atoms with van der Waals surface area (Å²) in [5.41, 5.74) is 0.176. The molecule has 4 fully saturated rings. The minimum Gasteiger partial charge on any atom is -0.341 e. The smallest absolute Gasteiger partial charge is 0.236 e. The maximum absolute atomic E-state index is 12.7. The van der Waals surface area contributed by atoms with Crippen molar-refractivity contribution in [2.24, 2.45) is 5.41 Å². The van der Waals surface area contributed by atoms with E-state index in [4.69, 9.17) is 0 Å². The van der Waals surface area contributed by atoms with Crippen LogP contribution in [0.1, 0.15) is 51.4 Å². The zero-order chi connectivity index (χ0) is 15.9. The lowest BCUT2D eigenvalue weighted by Crippen LogP contribution is -2.56. The number of amides is 2. The van der Waals surface area contributed by atoms with Crippen molar-refractivity contribution >= 4 is 11.8 Å². The summed E-state index contributed by atoms with van der Waals surface area (Å²) in [4.78, 5) is 31.4. The molecule has 1 atom stereocenters. The zero-order valence-corrected chi connectivity index (χ0v) is 14.1. The predicted molar refractivity (Wildman–Crippen MR) is 87.9 cm³/mol. The van der Waals surface area contributed by atoms with Gasteiger partial charge in [0.1, 0.15) is 0 Å². The van der Waals surface area contributed by atoms with Crippen LogP contribution in [0.3, 0.4) is 0 Å². The molecule has 1 aliphatic carbocycles. The molecule has 5 heteroatoms. The fourth-order valence-electron chi connectivity index (χ4n) is 4.75. The van der Waals surface area contributed by atoms with Gasteiger partial charge in [0.2, 0.25) is 11.8 Å². The first-order valence-electron chi connectivity index (χ1n) is 9.45. The van der Waals surface area contributed by atoms with E-state index in [0.29, 0.717) is 30.8 Å². The molecule has 0 aromatic carbocycles. The minimum atomic E-state index is 0.176. The van der Waals surface area contributed by atoms with Crippen LogP contribution in [-0.2, 0) is 9.59 Å². The van der Waals surface area contributed by atoms with Crippen LogP contribution in [-0.4, -0.2) is 71.8 Å². The molecule has 1 spiro atoms. The van der Waals surface area contributed by atoms with E-state index in [0.717, 1.165) is 45.6 Å². The average Bonchev–Trinajstić information content (AvgIpc) is 3.28. The summed E-state index contributed by atoms with van der Waals surface area (Å²) in [5, 5.41) is 0. The minimum absolute atomic E-state index is 0.176. The molecule has 3 aliphatic heterocycles. The number of carbonyl (C=O) groups is 2. The van der Waals surface area contributed by atoms with Gasteiger partial charge in [-0.2, -0.15) is 0 Å². The van der Waals surface area contributed by atoms with Gasteiger partial charge in [0.05, 0.1) is 6.54 Å². The van der Waals surface area contributed by atoms with Crippen LogP contribution in [0.4, 0.5) is 0 Å². The third-order valence-corrected chi connectivity index (χ3v) is 6.25. The summed E-state index contributed by atoms with van der Waals surface area (Å²) in [5.74, 6) is 0.652. The van der Waals surface area contributed by atoms with Crippen LogP contribution < -0.4 is 0 Å².